The molecule has 0 spiro atoms. The number of aliphatic carboxylic acids is 1. The van der Waals surface area contributed by atoms with Gasteiger partial charge in [0.25, 0.3) is 0 Å². The van der Waals surface area contributed by atoms with E-state index in [1.165, 1.54) is 4.57 Å². The smallest absolute Gasteiger partial charge is 0.337 e. The van der Waals surface area contributed by atoms with E-state index < -0.39 is 17.5 Å². The van der Waals surface area contributed by atoms with Gasteiger partial charge in [0.15, 0.2) is 5.60 Å². The Kier molecular flexibility index (Phi) is 5.07. The molecule has 0 fully saturated rings. The van der Waals surface area contributed by atoms with Gasteiger partial charge in [0.05, 0.1) is 6.54 Å². The van der Waals surface area contributed by atoms with Gasteiger partial charge < -0.3 is 20.1 Å². The quantitative estimate of drug-likeness (QED) is 0.678. The number of hydrogen-bond donors (Lipinski definition) is 3. The average molecular weight is 302 g/mol. The van der Waals surface area contributed by atoms with Crippen LogP contribution in [0.15, 0.2) is 4.79 Å². The van der Waals surface area contributed by atoms with Crippen molar-refractivity contribution in [2.75, 3.05) is 6.54 Å². The molecule has 0 saturated carbocycles. The summed E-state index contributed by atoms with van der Waals surface area (Å²) in [5.74, 6) is -1.82. The Morgan fingerprint density at radius 2 is 2.00 bits per heavy atom. The minimum Gasteiger partial charge on any atom is -0.479 e. The van der Waals surface area contributed by atoms with E-state index in [9.17, 15) is 19.5 Å². The van der Waals surface area contributed by atoms with Crippen molar-refractivity contribution in [3.63, 3.8) is 0 Å². The molecule has 1 heterocycles. The molecule has 112 valence electrons. The molecule has 1 aromatic rings. The van der Waals surface area contributed by atoms with Gasteiger partial charge in [0.1, 0.15) is 0 Å². The molecule has 0 radical (unpaired) electrons. The van der Waals surface area contributed by atoms with Crippen LogP contribution in [0.5, 0.6) is 0 Å². The van der Waals surface area contributed by atoms with E-state index in [0.717, 1.165) is 28.8 Å². The van der Waals surface area contributed by atoms with E-state index in [4.69, 9.17) is 5.11 Å². The molecule has 0 aromatic carbocycles. The first-order valence-electron chi connectivity index (χ1n) is 6.04. The lowest BCUT2D eigenvalue weighted by molar-refractivity contribution is -0.156. The molecule has 7 nitrogen and oxygen atoms in total. The molecule has 0 aliphatic rings. The number of carboxylic acids is 1. The Morgan fingerprint density at radius 3 is 2.45 bits per heavy atom. The maximum Gasteiger partial charge on any atom is 0.337 e. The maximum absolute atomic E-state index is 11.6. The monoisotopic (exact) mass is 302 g/mol. The summed E-state index contributed by atoms with van der Waals surface area (Å²) >= 11 is 1.13. The van der Waals surface area contributed by atoms with Crippen LogP contribution in [0.3, 0.4) is 0 Å². The minimum atomic E-state index is -2.00. The molecule has 0 bridgehead atoms. The third-order valence-electron chi connectivity index (χ3n) is 3.03. The maximum atomic E-state index is 11.6. The fourth-order valence-corrected chi connectivity index (χ4v) is 2.35. The number of carbonyl (C=O) groups is 2. The zero-order valence-electron chi connectivity index (χ0n) is 11.6. The normalized spacial score (nSPS) is 13.8. The minimum absolute atomic E-state index is 0.0482. The molecular weight excluding hydrogens is 284 g/mol. The van der Waals surface area contributed by atoms with E-state index in [2.05, 4.69) is 5.32 Å². The molecule has 0 aliphatic carbocycles. The molecule has 1 rings (SSSR count). The number of rotatable bonds is 6. The lowest BCUT2D eigenvalue weighted by Crippen LogP contribution is -2.46. The number of aliphatic hydroxyl groups is 1. The summed E-state index contributed by atoms with van der Waals surface area (Å²) in [7, 11) is 0. The first kappa shape index (κ1) is 16.4. The number of nitrogens with zero attached hydrogens (tertiary/aromatic N) is 1. The predicted molar refractivity (Wildman–Crippen MR) is 73.9 cm³/mol. The van der Waals surface area contributed by atoms with Crippen molar-refractivity contribution in [2.24, 2.45) is 0 Å². The zero-order valence-corrected chi connectivity index (χ0v) is 12.4. The predicted octanol–water partition coefficient (Wildman–Crippen LogP) is -0.131. The highest BCUT2D eigenvalue weighted by atomic mass is 32.1. The molecule has 20 heavy (non-hydrogen) atoms. The SMILES string of the molecule is Cc1sc(=O)n(CCC(=O)NCC(C)(O)C(=O)O)c1C. The Hall–Kier alpha value is -1.67. The summed E-state index contributed by atoms with van der Waals surface area (Å²) < 4.78 is 1.51. The van der Waals surface area contributed by atoms with Crippen molar-refractivity contribution in [3.8, 4) is 0 Å². The second-order valence-corrected chi connectivity index (χ2v) is 5.93. The molecule has 0 aliphatic heterocycles. The van der Waals surface area contributed by atoms with Crippen molar-refractivity contribution < 1.29 is 19.8 Å². The van der Waals surface area contributed by atoms with Crippen LogP contribution in [0.2, 0.25) is 0 Å². The largest absolute Gasteiger partial charge is 0.479 e. The third-order valence-corrected chi connectivity index (χ3v) is 4.02. The summed E-state index contributed by atoms with van der Waals surface area (Å²) in [4.78, 5) is 34.6. The number of amides is 1. The molecule has 3 N–H and O–H groups in total. The summed E-state index contributed by atoms with van der Waals surface area (Å²) in [6, 6.07) is 0. The number of aryl methyl sites for hydroxylation is 1. The summed E-state index contributed by atoms with van der Waals surface area (Å²) in [6.45, 7) is 4.60. The molecule has 1 aromatic heterocycles. The van der Waals surface area contributed by atoms with Gasteiger partial charge >= 0.3 is 10.8 Å². The fraction of sp³-hybridized carbons (Fsp3) is 0.583. The first-order valence-corrected chi connectivity index (χ1v) is 6.86. The molecule has 1 atom stereocenters. The van der Waals surface area contributed by atoms with E-state index in [0.29, 0.717) is 0 Å². The second kappa shape index (κ2) is 6.19. The van der Waals surface area contributed by atoms with Crippen LogP contribution >= 0.6 is 11.3 Å². The first-order chi connectivity index (χ1) is 9.15. The van der Waals surface area contributed by atoms with Gasteiger partial charge in [-0.2, -0.15) is 0 Å². The topological polar surface area (TPSA) is 109 Å². The van der Waals surface area contributed by atoms with Crippen LogP contribution in [0.25, 0.3) is 0 Å². The average Bonchev–Trinajstić information content (AvgIpc) is 2.59. The third kappa shape index (κ3) is 3.91. The molecular formula is C12H18N2O5S. The van der Waals surface area contributed by atoms with Gasteiger partial charge in [0.2, 0.25) is 5.91 Å². The second-order valence-electron chi connectivity index (χ2n) is 4.77. The number of nitrogens with one attached hydrogen (secondary N) is 1. The number of carbonyl (C=O) groups excluding carboxylic acids is 1. The number of aromatic nitrogens is 1. The van der Waals surface area contributed by atoms with E-state index in [1.54, 1.807) is 6.92 Å². The molecule has 0 saturated heterocycles. The molecule has 1 amide bonds. The van der Waals surface area contributed by atoms with Crippen LogP contribution in [-0.2, 0) is 16.1 Å². The van der Waals surface area contributed by atoms with E-state index >= 15 is 0 Å². The van der Waals surface area contributed by atoms with Gasteiger partial charge in [0, 0.05) is 23.5 Å². The number of hydrogen-bond acceptors (Lipinski definition) is 5. The van der Waals surface area contributed by atoms with Gasteiger partial charge in [-0.05, 0) is 20.8 Å². The summed E-state index contributed by atoms with van der Waals surface area (Å²) in [5.41, 5.74) is -1.17. The van der Waals surface area contributed by atoms with Gasteiger partial charge in [-0.25, -0.2) is 4.79 Å². The van der Waals surface area contributed by atoms with E-state index in [1.807, 2.05) is 6.92 Å². The summed E-state index contributed by atoms with van der Waals surface area (Å²) in [6.07, 6.45) is 0.0482. The fourth-order valence-electron chi connectivity index (χ4n) is 1.49. The lowest BCUT2D eigenvalue weighted by Gasteiger charge is -2.18. The number of thiazole rings is 1. The van der Waals surface area contributed by atoms with Crippen LogP contribution in [-0.4, -0.2) is 38.8 Å². The van der Waals surface area contributed by atoms with Crippen molar-refractivity contribution in [1.29, 1.82) is 0 Å². The van der Waals surface area contributed by atoms with Crippen LogP contribution in [0.1, 0.15) is 23.9 Å². The summed E-state index contributed by atoms with van der Waals surface area (Å²) in [5, 5.41) is 20.5. The highest BCUT2D eigenvalue weighted by Gasteiger charge is 2.30. The molecule has 1 unspecified atom stereocenters. The van der Waals surface area contributed by atoms with Gasteiger partial charge in [-0.15, -0.1) is 0 Å². The van der Waals surface area contributed by atoms with Crippen LogP contribution in [0, 0.1) is 13.8 Å². The number of carboxylic acid groups (broad SMARTS) is 1. The highest BCUT2D eigenvalue weighted by molar-refractivity contribution is 7.09. The van der Waals surface area contributed by atoms with Gasteiger partial charge in [-0.3, -0.25) is 9.59 Å². The van der Waals surface area contributed by atoms with Crippen molar-refractivity contribution >= 4 is 23.2 Å². The van der Waals surface area contributed by atoms with E-state index in [-0.39, 0.29) is 24.4 Å². The Balaban J connectivity index is 2.53. The lowest BCUT2D eigenvalue weighted by atomic mass is 10.1. The van der Waals surface area contributed by atoms with Crippen molar-refractivity contribution in [2.45, 2.75) is 39.3 Å². The van der Waals surface area contributed by atoms with Crippen LogP contribution in [0.4, 0.5) is 0 Å². The van der Waals surface area contributed by atoms with Crippen molar-refractivity contribution in [1.82, 2.24) is 9.88 Å². The van der Waals surface area contributed by atoms with Crippen molar-refractivity contribution in [3.05, 3.63) is 20.2 Å². The molecule has 8 heteroatoms. The standard InChI is InChI=1S/C12H18N2O5S/c1-7-8(2)20-11(18)14(7)5-4-9(15)13-6-12(3,19)10(16)17/h19H,4-6H2,1-3H3,(H,13,15)(H,16,17). The Morgan fingerprint density at radius 1 is 1.40 bits per heavy atom. The van der Waals surface area contributed by atoms with Gasteiger partial charge in [-0.1, -0.05) is 11.3 Å². The van der Waals surface area contributed by atoms with Crippen LogP contribution < -0.4 is 10.2 Å². The zero-order chi connectivity index (χ0) is 15.5. The Labute approximate surface area is 119 Å². The highest BCUT2D eigenvalue weighted by Crippen LogP contribution is 2.09. The Bertz CT molecular complexity index is 573.